The normalized spacial score (nSPS) is 22.2. The zero-order valence-corrected chi connectivity index (χ0v) is 34.3. The van der Waals surface area contributed by atoms with Gasteiger partial charge in [0.2, 0.25) is 5.91 Å². The maximum absolute atomic E-state index is 14.4. The molecular formula is C49H52N4O8. The molecule has 2 amide bonds. The second-order valence-corrected chi connectivity index (χ2v) is 15.5. The van der Waals surface area contributed by atoms with Gasteiger partial charge in [-0.3, -0.25) is 4.79 Å². The van der Waals surface area contributed by atoms with Crippen LogP contribution in [0, 0.1) is 5.92 Å². The average Bonchev–Trinajstić information content (AvgIpc) is 3.66. The van der Waals surface area contributed by atoms with Crippen molar-refractivity contribution in [3.05, 3.63) is 190 Å². The zero-order valence-electron chi connectivity index (χ0n) is 34.3. The first-order valence-corrected chi connectivity index (χ1v) is 20.8. The summed E-state index contributed by atoms with van der Waals surface area (Å²) in [6, 6.07) is 47.3. The number of imide groups is 1. The van der Waals surface area contributed by atoms with Gasteiger partial charge >= 0.3 is 6.09 Å². The van der Waals surface area contributed by atoms with Gasteiger partial charge in [0, 0.05) is 4.91 Å². The highest BCUT2D eigenvalue weighted by atomic mass is 16.6. The van der Waals surface area contributed by atoms with Crippen LogP contribution in [0.1, 0.15) is 41.2 Å². The van der Waals surface area contributed by atoms with Crippen LogP contribution in [0.3, 0.4) is 0 Å². The van der Waals surface area contributed by atoms with E-state index in [-0.39, 0.29) is 39.5 Å². The molecular weight excluding hydrogens is 773 g/mol. The van der Waals surface area contributed by atoms with Gasteiger partial charge in [0.25, 0.3) is 0 Å². The number of benzene rings is 5. The maximum atomic E-state index is 14.4. The van der Waals surface area contributed by atoms with Gasteiger partial charge in [-0.2, -0.15) is 0 Å². The summed E-state index contributed by atoms with van der Waals surface area (Å²) in [5, 5.41) is 4.01. The second-order valence-electron chi connectivity index (χ2n) is 15.5. The smallest absolute Gasteiger partial charge is 0.416 e. The molecule has 2 heterocycles. The molecule has 0 N–H and O–H groups in total. The summed E-state index contributed by atoms with van der Waals surface area (Å²) in [7, 11) is 0. The molecule has 7 rings (SSSR count). The summed E-state index contributed by atoms with van der Waals surface area (Å²) >= 11 is 0. The van der Waals surface area contributed by atoms with Crippen molar-refractivity contribution in [3.63, 3.8) is 0 Å². The van der Waals surface area contributed by atoms with Crippen LogP contribution in [0.2, 0.25) is 0 Å². The molecule has 0 spiro atoms. The number of azide groups is 1. The van der Waals surface area contributed by atoms with E-state index in [1.807, 2.05) is 159 Å². The van der Waals surface area contributed by atoms with E-state index >= 15 is 0 Å². The Bertz CT molecular complexity index is 2140. The van der Waals surface area contributed by atoms with Gasteiger partial charge in [-0.1, -0.05) is 164 Å². The van der Waals surface area contributed by atoms with Gasteiger partial charge in [0.05, 0.1) is 45.2 Å². The van der Waals surface area contributed by atoms with Crippen molar-refractivity contribution in [1.82, 2.24) is 4.90 Å². The molecule has 316 valence electrons. The number of cyclic esters (lactones) is 1. The van der Waals surface area contributed by atoms with Gasteiger partial charge in [-0.25, -0.2) is 9.69 Å². The molecule has 0 aliphatic carbocycles. The predicted molar refractivity (Wildman–Crippen MR) is 229 cm³/mol. The fraction of sp³-hybridized carbons (Fsp3) is 0.347. The summed E-state index contributed by atoms with van der Waals surface area (Å²) in [5.74, 6) is -1.25. The Hall–Kier alpha value is -5.85. The van der Waals surface area contributed by atoms with Crippen molar-refractivity contribution in [2.75, 3.05) is 13.2 Å². The highest BCUT2D eigenvalue weighted by Crippen LogP contribution is 2.35. The van der Waals surface area contributed by atoms with E-state index in [9.17, 15) is 15.1 Å². The molecule has 5 aromatic carbocycles. The summed E-state index contributed by atoms with van der Waals surface area (Å²) in [6.07, 6.45) is -3.56. The number of ether oxygens (including phenoxy) is 6. The fourth-order valence-corrected chi connectivity index (χ4v) is 7.94. The van der Waals surface area contributed by atoms with Crippen molar-refractivity contribution in [1.29, 1.82) is 0 Å². The molecule has 2 aliphatic heterocycles. The summed E-state index contributed by atoms with van der Waals surface area (Å²) in [6.45, 7) is 3.15. The van der Waals surface area contributed by atoms with Gasteiger partial charge in [-0.05, 0) is 52.1 Å². The number of rotatable bonds is 20. The van der Waals surface area contributed by atoms with E-state index in [1.165, 1.54) is 0 Å². The van der Waals surface area contributed by atoms with E-state index < -0.39 is 60.5 Å². The predicted octanol–water partition coefficient (Wildman–Crippen LogP) is 9.02. The zero-order chi connectivity index (χ0) is 42.2. The van der Waals surface area contributed by atoms with Crippen LogP contribution in [-0.4, -0.2) is 72.7 Å². The van der Waals surface area contributed by atoms with Crippen LogP contribution in [0.5, 0.6) is 0 Å². The SMILES string of the molecule is C[C@@H](C[C@@H]1O[C@H](COCc2ccccc2)[C@H](OCc2ccccc2)[C@H](OCc2ccccc2)[C@H]1OCc1ccccc1)[C@H](N=[N+]=[N-])C(=O)N1C(=O)OC[C@H]1Cc1ccccc1. The summed E-state index contributed by atoms with van der Waals surface area (Å²) in [5.41, 5.74) is 14.7. The van der Waals surface area contributed by atoms with E-state index in [1.54, 1.807) is 0 Å². The van der Waals surface area contributed by atoms with Crippen molar-refractivity contribution in [3.8, 4) is 0 Å². The average molecular weight is 825 g/mol. The third kappa shape index (κ3) is 11.9. The van der Waals surface area contributed by atoms with E-state index in [0.29, 0.717) is 13.0 Å². The minimum absolute atomic E-state index is 0.0352. The van der Waals surface area contributed by atoms with Crippen molar-refractivity contribution >= 4 is 12.0 Å². The third-order valence-electron chi connectivity index (χ3n) is 11.1. The van der Waals surface area contributed by atoms with E-state index in [4.69, 9.17) is 28.4 Å². The number of carbonyl (C=O) groups is 2. The number of hydrogen-bond donors (Lipinski definition) is 0. The number of hydrogen-bond acceptors (Lipinski definition) is 9. The molecule has 12 heteroatoms. The number of nitrogens with zero attached hydrogens (tertiary/aromatic N) is 4. The first-order chi connectivity index (χ1) is 30.0. The largest absolute Gasteiger partial charge is 0.447 e. The monoisotopic (exact) mass is 824 g/mol. The lowest BCUT2D eigenvalue weighted by Crippen LogP contribution is -2.61. The Morgan fingerprint density at radius 1 is 0.672 bits per heavy atom. The number of amides is 2. The molecule has 0 saturated carbocycles. The minimum Gasteiger partial charge on any atom is -0.447 e. The Balaban J connectivity index is 1.20. The first kappa shape index (κ1) is 43.2. The standard InChI is InChI=1S/C49H52N4O8/c1-35(44(51-52-50)48(54)53-41(33-60-49(53)55)28-36-17-7-2-8-18-36)27-42-45(57-30-38-21-11-4-12-22-38)47(59-32-40-25-15-6-16-26-40)46(58-31-39-23-13-5-14-24-39)43(61-42)34-56-29-37-19-9-3-10-20-37/h2-26,35,41-47H,27-34H2,1H3/t35-,41+,42-,43+,44-,45-,46-,47+/m0/s1. The number of carbonyl (C=O) groups excluding carboxylic acids is 2. The lowest BCUT2D eigenvalue weighted by molar-refractivity contribution is -0.275. The van der Waals surface area contributed by atoms with Gasteiger partial charge < -0.3 is 28.4 Å². The van der Waals surface area contributed by atoms with E-state index in [0.717, 1.165) is 32.7 Å². The maximum Gasteiger partial charge on any atom is 0.416 e. The molecule has 8 atom stereocenters. The van der Waals surface area contributed by atoms with Crippen molar-refractivity contribution in [2.24, 2.45) is 11.0 Å². The molecule has 2 fully saturated rings. The van der Waals surface area contributed by atoms with Crippen LogP contribution in [-0.2, 0) is 66.1 Å². The quantitative estimate of drug-likeness (QED) is 0.0430. The van der Waals surface area contributed by atoms with Crippen molar-refractivity contribution in [2.45, 2.75) is 88.8 Å². The molecule has 12 nitrogen and oxygen atoms in total. The Labute approximate surface area is 356 Å². The Morgan fingerprint density at radius 3 is 1.61 bits per heavy atom. The molecule has 2 aliphatic rings. The van der Waals surface area contributed by atoms with Crippen LogP contribution in [0.25, 0.3) is 10.4 Å². The van der Waals surface area contributed by atoms with Crippen LogP contribution in [0.4, 0.5) is 4.79 Å². The first-order valence-electron chi connectivity index (χ1n) is 20.8. The molecule has 5 aromatic rings. The molecule has 0 radical (unpaired) electrons. The van der Waals surface area contributed by atoms with Gasteiger partial charge in [0.15, 0.2) is 0 Å². The Morgan fingerprint density at radius 2 is 1.11 bits per heavy atom. The van der Waals surface area contributed by atoms with Gasteiger partial charge in [-0.15, -0.1) is 0 Å². The molecule has 2 saturated heterocycles. The second kappa shape index (κ2) is 22.1. The highest BCUT2D eigenvalue weighted by molar-refractivity contribution is 5.96. The molecule has 0 aromatic heterocycles. The molecule has 0 unspecified atom stereocenters. The van der Waals surface area contributed by atoms with Crippen LogP contribution in [0.15, 0.2) is 157 Å². The minimum atomic E-state index is -1.25. The fourth-order valence-electron chi connectivity index (χ4n) is 7.94. The lowest BCUT2D eigenvalue weighted by atomic mass is 9.86. The van der Waals surface area contributed by atoms with Crippen LogP contribution >= 0.6 is 0 Å². The summed E-state index contributed by atoms with van der Waals surface area (Å²) in [4.78, 5) is 31.7. The molecule has 0 bridgehead atoms. The topological polar surface area (TPSA) is 142 Å². The van der Waals surface area contributed by atoms with Crippen LogP contribution < -0.4 is 0 Å². The van der Waals surface area contributed by atoms with Gasteiger partial charge in [0.1, 0.15) is 37.1 Å². The Kier molecular flexibility index (Phi) is 15.7. The van der Waals surface area contributed by atoms with Crippen molar-refractivity contribution < 1.29 is 38.0 Å². The third-order valence-corrected chi connectivity index (χ3v) is 11.1. The lowest BCUT2D eigenvalue weighted by Gasteiger charge is -2.47. The van der Waals surface area contributed by atoms with E-state index in [2.05, 4.69) is 10.0 Å². The summed E-state index contributed by atoms with van der Waals surface area (Å²) < 4.78 is 39.3. The highest BCUT2D eigenvalue weighted by Gasteiger charge is 2.50. The molecule has 61 heavy (non-hydrogen) atoms.